The molecule has 0 aliphatic carbocycles. The van der Waals surface area contributed by atoms with Gasteiger partial charge in [0, 0.05) is 0 Å². The zero-order valence-electron chi connectivity index (χ0n) is 5.61. The molecular weight excluding hydrogens is 166 g/mol. The van der Waals surface area contributed by atoms with Crippen molar-refractivity contribution in [3.8, 4) is 0 Å². The van der Waals surface area contributed by atoms with Crippen LogP contribution in [0.25, 0.3) is 0 Å². The summed E-state index contributed by atoms with van der Waals surface area (Å²) in [5.74, 6) is 0. The fourth-order valence-electron chi connectivity index (χ4n) is 0.561. The molecule has 0 aromatic heterocycles. The number of rotatable bonds is 1. The first kappa shape index (κ1) is 10.1. The predicted molar refractivity (Wildman–Crippen MR) is 40.3 cm³/mol. The Hall–Kier alpha value is -0.910. The topological polar surface area (TPSA) is 91.7 Å². The minimum atomic E-state index is -3.52. The van der Waals surface area contributed by atoms with Gasteiger partial charge in [-0.1, -0.05) is 12.1 Å². The second-order valence-corrected chi connectivity index (χ2v) is 3.34. The number of nitrogens with two attached hydrogens (primary N) is 1. The third kappa shape index (κ3) is 2.67. The van der Waals surface area contributed by atoms with Crippen LogP contribution in [0.3, 0.4) is 0 Å². The Morgan fingerprint density at radius 3 is 2.00 bits per heavy atom. The van der Waals surface area contributed by atoms with Crippen LogP contribution in [-0.4, -0.2) is 13.9 Å². The maximum Gasteiger partial charge on any atom is 0.238 e. The number of primary sulfonamides is 1. The van der Waals surface area contributed by atoms with E-state index in [0.717, 1.165) is 0 Å². The maximum atomic E-state index is 10.6. The highest BCUT2D eigenvalue weighted by Crippen LogP contribution is 2.02. The van der Waals surface area contributed by atoms with Crippen LogP contribution in [-0.2, 0) is 10.0 Å². The SMILES string of the molecule is NS(=O)(=O)c1cc[c]cc1.O. The first-order valence-corrected chi connectivity index (χ1v) is 4.14. The highest BCUT2D eigenvalue weighted by atomic mass is 32.2. The summed E-state index contributed by atoms with van der Waals surface area (Å²) < 4.78 is 21.2. The van der Waals surface area contributed by atoms with Crippen LogP contribution in [0.2, 0.25) is 0 Å². The standard InChI is InChI=1S/C6H6NO2S.H2O/c7-10(8,9)6-4-2-1-3-5-6;/h2-5H,(H2,7,8,9);1H2. The van der Waals surface area contributed by atoms with E-state index >= 15 is 0 Å². The summed E-state index contributed by atoms with van der Waals surface area (Å²) in [4.78, 5) is 0.117. The van der Waals surface area contributed by atoms with E-state index in [1.54, 1.807) is 0 Å². The van der Waals surface area contributed by atoms with Crippen LogP contribution >= 0.6 is 0 Å². The average molecular weight is 174 g/mol. The molecule has 1 rings (SSSR count). The first-order chi connectivity index (χ1) is 4.61. The van der Waals surface area contributed by atoms with Crippen molar-refractivity contribution in [2.45, 2.75) is 4.90 Å². The van der Waals surface area contributed by atoms with E-state index in [9.17, 15) is 8.42 Å². The van der Waals surface area contributed by atoms with Crippen molar-refractivity contribution in [3.63, 3.8) is 0 Å². The van der Waals surface area contributed by atoms with Crippen LogP contribution < -0.4 is 5.14 Å². The normalized spacial score (nSPS) is 10.3. The monoisotopic (exact) mass is 174 g/mol. The van der Waals surface area contributed by atoms with Gasteiger partial charge < -0.3 is 5.48 Å². The summed E-state index contributed by atoms with van der Waals surface area (Å²) in [5.41, 5.74) is 0. The van der Waals surface area contributed by atoms with Crippen molar-refractivity contribution in [1.29, 1.82) is 0 Å². The molecule has 1 aromatic carbocycles. The van der Waals surface area contributed by atoms with E-state index < -0.39 is 10.0 Å². The molecule has 4 N–H and O–H groups in total. The summed E-state index contributed by atoms with van der Waals surface area (Å²) >= 11 is 0. The lowest BCUT2D eigenvalue weighted by Gasteiger charge is -1.93. The van der Waals surface area contributed by atoms with Crippen molar-refractivity contribution >= 4 is 10.0 Å². The van der Waals surface area contributed by atoms with Crippen molar-refractivity contribution in [2.24, 2.45) is 5.14 Å². The average Bonchev–Trinajstić information content (AvgIpc) is 1.88. The van der Waals surface area contributed by atoms with Gasteiger partial charge in [-0.25, -0.2) is 13.6 Å². The lowest BCUT2D eigenvalue weighted by Crippen LogP contribution is -2.11. The molecule has 0 aliphatic rings. The van der Waals surface area contributed by atoms with E-state index in [1.165, 1.54) is 24.3 Å². The molecule has 11 heavy (non-hydrogen) atoms. The summed E-state index contributed by atoms with van der Waals surface area (Å²) in [6, 6.07) is 8.48. The molecule has 1 aromatic rings. The van der Waals surface area contributed by atoms with E-state index in [0.29, 0.717) is 0 Å². The molecule has 1 radical (unpaired) electrons. The van der Waals surface area contributed by atoms with E-state index in [4.69, 9.17) is 5.14 Å². The Morgan fingerprint density at radius 1 is 1.27 bits per heavy atom. The lowest BCUT2D eigenvalue weighted by molar-refractivity contribution is 0.598. The molecule has 0 saturated heterocycles. The molecule has 5 heteroatoms. The minimum Gasteiger partial charge on any atom is -0.412 e. The number of sulfonamides is 1. The molecule has 61 valence electrons. The number of benzene rings is 1. The highest BCUT2D eigenvalue weighted by molar-refractivity contribution is 7.89. The van der Waals surface area contributed by atoms with Gasteiger partial charge in [-0.05, 0) is 18.2 Å². The van der Waals surface area contributed by atoms with Crippen molar-refractivity contribution < 1.29 is 13.9 Å². The van der Waals surface area contributed by atoms with Gasteiger partial charge in [0.2, 0.25) is 10.0 Å². The zero-order chi connectivity index (χ0) is 7.61. The van der Waals surface area contributed by atoms with Crippen molar-refractivity contribution in [2.75, 3.05) is 0 Å². The number of hydrogen-bond acceptors (Lipinski definition) is 2. The second-order valence-electron chi connectivity index (χ2n) is 1.78. The largest absolute Gasteiger partial charge is 0.412 e. The summed E-state index contributed by atoms with van der Waals surface area (Å²) in [7, 11) is -3.52. The van der Waals surface area contributed by atoms with Gasteiger partial charge in [-0.2, -0.15) is 0 Å². The van der Waals surface area contributed by atoms with Crippen LogP contribution in [0, 0.1) is 6.07 Å². The van der Waals surface area contributed by atoms with Gasteiger partial charge in [0.15, 0.2) is 0 Å². The molecule has 4 nitrogen and oxygen atoms in total. The summed E-state index contributed by atoms with van der Waals surface area (Å²) in [6.45, 7) is 0. The molecule has 0 aliphatic heterocycles. The van der Waals surface area contributed by atoms with E-state index in [-0.39, 0.29) is 10.4 Å². The molecule has 0 unspecified atom stereocenters. The highest BCUT2D eigenvalue weighted by Gasteiger charge is 2.03. The molecule has 0 atom stereocenters. The van der Waals surface area contributed by atoms with Gasteiger partial charge in [-0.15, -0.1) is 0 Å². The Labute approximate surface area is 65.0 Å². The molecular formula is C6H8NO3S. The minimum absolute atomic E-state index is 0. The third-order valence-corrected chi connectivity index (χ3v) is 1.95. The van der Waals surface area contributed by atoms with Crippen LogP contribution in [0.5, 0.6) is 0 Å². The molecule has 0 heterocycles. The van der Waals surface area contributed by atoms with Gasteiger partial charge in [-0.3, -0.25) is 0 Å². The predicted octanol–water partition coefficient (Wildman–Crippen LogP) is -0.691. The first-order valence-electron chi connectivity index (χ1n) is 2.59. The van der Waals surface area contributed by atoms with Gasteiger partial charge in [0.1, 0.15) is 0 Å². The third-order valence-electron chi connectivity index (χ3n) is 1.02. The fourth-order valence-corrected chi connectivity index (χ4v) is 1.08. The molecule has 0 fully saturated rings. The fraction of sp³-hybridized carbons (Fsp3) is 0. The molecule has 0 bridgehead atoms. The summed E-state index contributed by atoms with van der Waals surface area (Å²) in [6.07, 6.45) is 0. The molecule has 0 spiro atoms. The molecule has 0 amide bonds. The van der Waals surface area contributed by atoms with Crippen molar-refractivity contribution in [1.82, 2.24) is 0 Å². The lowest BCUT2D eigenvalue weighted by atomic mass is 10.4. The Bertz CT molecular complexity index is 306. The molecule has 0 saturated carbocycles. The Balaban J connectivity index is 0.000001000. The van der Waals surface area contributed by atoms with Crippen molar-refractivity contribution in [3.05, 3.63) is 30.3 Å². The number of hydrogen-bond donors (Lipinski definition) is 1. The van der Waals surface area contributed by atoms with Crippen LogP contribution in [0.4, 0.5) is 0 Å². The van der Waals surface area contributed by atoms with E-state index in [1.807, 2.05) is 0 Å². The van der Waals surface area contributed by atoms with Gasteiger partial charge in [0.25, 0.3) is 0 Å². The quantitative estimate of drug-likeness (QED) is 0.610. The van der Waals surface area contributed by atoms with Gasteiger partial charge >= 0.3 is 0 Å². The summed E-state index contributed by atoms with van der Waals surface area (Å²) in [5, 5.41) is 4.82. The Kier molecular flexibility index (Phi) is 3.18. The second kappa shape index (κ2) is 3.47. The van der Waals surface area contributed by atoms with E-state index in [2.05, 4.69) is 6.07 Å². The van der Waals surface area contributed by atoms with Gasteiger partial charge in [0.05, 0.1) is 4.90 Å². The Morgan fingerprint density at radius 2 is 1.73 bits per heavy atom. The van der Waals surface area contributed by atoms with Crippen LogP contribution in [0.15, 0.2) is 29.2 Å². The maximum absolute atomic E-state index is 10.6. The smallest absolute Gasteiger partial charge is 0.238 e. The van der Waals surface area contributed by atoms with Crippen LogP contribution in [0.1, 0.15) is 0 Å². The zero-order valence-corrected chi connectivity index (χ0v) is 6.43.